The van der Waals surface area contributed by atoms with E-state index in [1.54, 1.807) is 0 Å². The number of hydrogen-bond acceptors (Lipinski definition) is 3. The van der Waals surface area contributed by atoms with Gasteiger partial charge in [0.05, 0.1) is 10.4 Å². The number of unbranched alkanes of at least 4 members (excludes halogenated alkanes) is 8. The van der Waals surface area contributed by atoms with E-state index in [2.05, 4.69) is 46.2 Å². The molecule has 0 radical (unpaired) electrons. The van der Waals surface area contributed by atoms with Crippen LogP contribution in [-0.4, -0.2) is 25.1 Å². The molecule has 1 fully saturated rings. The van der Waals surface area contributed by atoms with Crippen LogP contribution < -0.4 is 0 Å². The van der Waals surface area contributed by atoms with Gasteiger partial charge in [-0.05, 0) is 24.3 Å². The lowest BCUT2D eigenvalue weighted by Crippen LogP contribution is -2.30. The molecule has 0 N–H and O–H groups in total. The summed E-state index contributed by atoms with van der Waals surface area (Å²) in [6.45, 7) is 3.42. The van der Waals surface area contributed by atoms with Crippen LogP contribution in [0.3, 0.4) is 0 Å². The quantitative estimate of drug-likeness (QED) is 0.406. The summed E-state index contributed by atoms with van der Waals surface area (Å²) in [5, 5.41) is 0. The van der Waals surface area contributed by atoms with E-state index < -0.39 is 0 Å². The van der Waals surface area contributed by atoms with Gasteiger partial charge in [0.15, 0.2) is 0 Å². The highest BCUT2D eigenvalue weighted by atomic mass is 32.2. The van der Waals surface area contributed by atoms with Gasteiger partial charge in [0.1, 0.15) is 0 Å². The maximum Gasteiger partial charge on any atom is 0.0946 e. The number of thioether (sulfide) groups is 2. The molecule has 0 amide bonds. The summed E-state index contributed by atoms with van der Waals surface area (Å²) in [6, 6.07) is 0. The maximum absolute atomic E-state index is 4.21. The summed E-state index contributed by atoms with van der Waals surface area (Å²) >= 11 is 4.40. The molecule has 0 aliphatic carbocycles. The van der Waals surface area contributed by atoms with Gasteiger partial charge < -0.3 is 4.57 Å². The van der Waals surface area contributed by atoms with Crippen LogP contribution in [-0.2, 0) is 6.54 Å². The lowest BCUT2D eigenvalue weighted by atomic mass is 10.1. The smallest absolute Gasteiger partial charge is 0.0946 e. The third kappa shape index (κ3) is 7.55. The average molecular weight is 355 g/mol. The average Bonchev–Trinajstić information content (AvgIpc) is 3.07. The number of aromatic nitrogens is 2. The van der Waals surface area contributed by atoms with E-state index in [0.717, 1.165) is 6.54 Å². The van der Waals surface area contributed by atoms with Crippen molar-refractivity contribution in [2.24, 2.45) is 0 Å². The molecule has 2 heterocycles. The van der Waals surface area contributed by atoms with Crippen molar-refractivity contribution in [2.45, 2.75) is 88.2 Å². The summed E-state index contributed by atoms with van der Waals surface area (Å²) < 4.78 is 2.68. The van der Waals surface area contributed by atoms with Crippen LogP contribution in [0.5, 0.6) is 0 Å². The van der Waals surface area contributed by atoms with Gasteiger partial charge in [-0.3, -0.25) is 0 Å². The van der Waals surface area contributed by atoms with E-state index in [1.165, 1.54) is 82.1 Å². The molecule has 4 heteroatoms. The molecule has 1 aromatic rings. The predicted octanol–water partition coefficient (Wildman–Crippen LogP) is 6.37. The Hall–Kier alpha value is -0.0900. The zero-order valence-electron chi connectivity index (χ0n) is 14.8. The van der Waals surface area contributed by atoms with E-state index in [0.29, 0.717) is 4.08 Å². The normalized spacial score (nSPS) is 17.4. The largest absolute Gasteiger partial charge is 0.335 e. The lowest BCUT2D eigenvalue weighted by Gasteiger charge is -2.36. The Morgan fingerprint density at radius 2 is 1.61 bits per heavy atom. The second kappa shape index (κ2) is 11.5. The maximum atomic E-state index is 4.21. The molecule has 0 unspecified atom stereocenters. The third-order valence-electron chi connectivity index (χ3n) is 4.66. The summed E-state index contributed by atoms with van der Waals surface area (Å²) in [5.41, 5.74) is 0. The molecule has 0 atom stereocenters. The van der Waals surface area contributed by atoms with Crippen molar-refractivity contribution in [1.82, 2.24) is 9.55 Å². The minimum absolute atomic E-state index is 0.403. The van der Waals surface area contributed by atoms with E-state index in [1.807, 2.05) is 12.5 Å². The lowest BCUT2D eigenvalue weighted by molar-refractivity contribution is 0.521. The number of rotatable bonds is 12. The fourth-order valence-corrected chi connectivity index (χ4v) is 6.69. The van der Waals surface area contributed by atoms with Gasteiger partial charge in [0.2, 0.25) is 0 Å². The second-order valence-electron chi connectivity index (χ2n) is 6.77. The van der Waals surface area contributed by atoms with Crippen LogP contribution in [0.2, 0.25) is 0 Å². The molecule has 0 aromatic carbocycles. The molecule has 2 rings (SSSR count). The molecular weight excluding hydrogens is 320 g/mol. The summed E-state index contributed by atoms with van der Waals surface area (Å²) in [7, 11) is 0. The van der Waals surface area contributed by atoms with E-state index in [-0.39, 0.29) is 0 Å². The van der Waals surface area contributed by atoms with Crippen molar-refractivity contribution in [3.05, 3.63) is 18.7 Å². The van der Waals surface area contributed by atoms with Crippen LogP contribution in [0.4, 0.5) is 0 Å². The Morgan fingerprint density at radius 1 is 0.957 bits per heavy atom. The molecule has 1 aliphatic heterocycles. The number of imidazole rings is 1. The highest BCUT2D eigenvalue weighted by molar-refractivity contribution is 8.18. The fourth-order valence-electron chi connectivity index (χ4n) is 3.30. The fraction of sp³-hybridized carbons (Fsp3) is 0.842. The molecular formula is C19H34N2S2. The zero-order chi connectivity index (χ0) is 16.2. The standard InChI is InChI=1S/C19H34N2S2/c1-2-3-4-5-6-7-8-9-10-12-19(22-15-11-16-23-19)17-21-14-13-20-18-21/h13-14,18H,2-12,15-17H2,1H3. The van der Waals surface area contributed by atoms with Gasteiger partial charge in [-0.1, -0.05) is 64.7 Å². The van der Waals surface area contributed by atoms with E-state index in [4.69, 9.17) is 0 Å². The highest BCUT2D eigenvalue weighted by Crippen LogP contribution is 2.47. The molecule has 1 aliphatic rings. The molecule has 0 bridgehead atoms. The minimum atomic E-state index is 0.403. The number of nitrogens with zero attached hydrogens (tertiary/aromatic N) is 2. The summed E-state index contributed by atoms with van der Waals surface area (Å²) in [5.74, 6) is 2.66. The Bertz CT molecular complexity index is 386. The Kier molecular flexibility index (Phi) is 9.59. The molecule has 2 nitrogen and oxygen atoms in total. The summed E-state index contributed by atoms with van der Waals surface area (Å²) in [6.07, 6.45) is 21.5. The summed E-state index contributed by atoms with van der Waals surface area (Å²) in [4.78, 5) is 4.21. The van der Waals surface area contributed by atoms with Gasteiger partial charge in [-0.2, -0.15) is 0 Å². The Morgan fingerprint density at radius 3 is 2.22 bits per heavy atom. The molecule has 1 saturated heterocycles. The van der Waals surface area contributed by atoms with Gasteiger partial charge >= 0.3 is 0 Å². The van der Waals surface area contributed by atoms with Gasteiger partial charge in [-0.15, -0.1) is 23.5 Å². The minimum Gasteiger partial charge on any atom is -0.335 e. The van der Waals surface area contributed by atoms with Gasteiger partial charge in [0.25, 0.3) is 0 Å². The van der Waals surface area contributed by atoms with Crippen molar-refractivity contribution in [3.8, 4) is 0 Å². The van der Waals surface area contributed by atoms with Crippen molar-refractivity contribution in [3.63, 3.8) is 0 Å². The molecule has 0 spiro atoms. The zero-order valence-corrected chi connectivity index (χ0v) is 16.5. The second-order valence-corrected chi connectivity index (χ2v) is 9.99. The molecule has 23 heavy (non-hydrogen) atoms. The SMILES string of the molecule is CCCCCCCCCCCC1(Cn2ccnc2)SCCCS1. The van der Waals surface area contributed by atoms with Crippen LogP contribution in [0, 0.1) is 0 Å². The third-order valence-corrected chi connectivity index (χ3v) is 8.07. The van der Waals surface area contributed by atoms with Crippen molar-refractivity contribution < 1.29 is 0 Å². The Labute approximate surface area is 151 Å². The first-order valence-electron chi connectivity index (χ1n) is 9.58. The van der Waals surface area contributed by atoms with Crippen molar-refractivity contribution in [1.29, 1.82) is 0 Å². The predicted molar refractivity (Wildman–Crippen MR) is 106 cm³/mol. The van der Waals surface area contributed by atoms with Crippen LogP contribution in [0.25, 0.3) is 0 Å². The molecule has 1 aromatic heterocycles. The van der Waals surface area contributed by atoms with Gasteiger partial charge in [0, 0.05) is 18.9 Å². The van der Waals surface area contributed by atoms with Crippen LogP contribution in [0.1, 0.15) is 77.6 Å². The van der Waals surface area contributed by atoms with E-state index in [9.17, 15) is 0 Å². The first-order chi connectivity index (χ1) is 11.3. The van der Waals surface area contributed by atoms with E-state index >= 15 is 0 Å². The van der Waals surface area contributed by atoms with Crippen molar-refractivity contribution in [2.75, 3.05) is 11.5 Å². The number of hydrogen-bond donors (Lipinski definition) is 0. The topological polar surface area (TPSA) is 17.8 Å². The monoisotopic (exact) mass is 354 g/mol. The molecule has 132 valence electrons. The van der Waals surface area contributed by atoms with Crippen LogP contribution in [0.15, 0.2) is 18.7 Å². The highest BCUT2D eigenvalue weighted by Gasteiger charge is 2.33. The first kappa shape index (κ1) is 19.2. The van der Waals surface area contributed by atoms with Crippen LogP contribution >= 0.6 is 23.5 Å². The van der Waals surface area contributed by atoms with Gasteiger partial charge in [-0.25, -0.2) is 4.98 Å². The van der Waals surface area contributed by atoms with Crippen molar-refractivity contribution >= 4 is 23.5 Å². The first-order valence-corrected chi connectivity index (χ1v) is 11.6. The molecule has 0 saturated carbocycles. The Balaban J connectivity index is 1.62.